The number of hydrogen-bond acceptors (Lipinski definition) is 4. The highest BCUT2D eigenvalue weighted by Gasteiger charge is 2.22. The van der Waals surface area contributed by atoms with Gasteiger partial charge >= 0.3 is 0 Å². The minimum Gasteiger partial charge on any atom is -0.319 e. The Balaban J connectivity index is 2.00. The van der Waals surface area contributed by atoms with Gasteiger partial charge in [0.05, 0.1) is 10.7 Å². The molecule has 0 radical (unpaired) electrons. The molecule has 2 heterocycles. The van der Waals surface area contributed by atoms with E-state index in [1.165, 1.54) is 43.1 Å². The van der Waals surface area contributed by atoms with Crippen molar-refractivity contribution in [3.05, 3.63) is 16.1 Å². The van der Waals surface area contributed by atoms with E-state index in [1.54, 1.807) is 0 Å². The highest BCUT2D eigenvalue weighted by atomic mass is 32.1. The van der Waals surface area contributed by atoms with Gasteiger partial charge in [0.1, 0.15) is 0 Å². The molecule has 0 bridgehead atoms. The Morgan fingerprint density at radius 1 is 1.50 bits per heavy atom. The third kappa shape index (κ3) is 3.31. The van der Waals surface area contributed by atoms with E-state index in [2.05, 4.69) is 29.6 Å². The molecule has 1 aliphatic heterocycles. The van der Waals surface area contributed by atoms with Gasteiger partial charge < -0.3 is 10.2 Å². The number of thiazole rings is 1. The van der Waals surface area contributed by atoms with E-state index in [0.717, 1.165) is 6.54 Å². The molecule has 1 unspecified atom stereocenters. The maximum atomic E-state index is 4.91. The SMILES string of the molecule is CCC(CNC)c1nc(C2CCN(C)CC2)cs1. The summed E-state index contributed by atoms with van der Waals surface area (Å²) in [6, 6.07) is 0. The van der Waals surface area contributed by atoms with Crippen LogP contribution in [0.2, 0.25) is 0 Å². The highest BCUT2D eigenvalue weighted by Crippen LogP contribution is 2.31. The van der Waals surface area contributed by atoms with E-state index in [4.69, 9.17) is 4.98 Å². The lowest BCUT2D eigenvalue weighted by atomic mass is 9.94. The average molecular weight is 267 g/mol. The molecule has 0 aromatic carbocycles. The zero-order valence-electron chi connectivity index (χ0n) is 11.8. The molecule has 1 N–H and O–H groups in total. The summed E-state index contributed by atoms with van der Waals surface area (Å²) in [6.45, 7) is 5.71. The number of piperidine rings is 1. The Kier molecular flexibility index (Phi) is 5.15. The number of likely N-dealkylation sites (N-methyl/N-ethyl adjacent to an activating group) is 1. The second kappa shape index (κ2) is 6.64. The molecule has 1 fully saturated rings. The van der Waals surface area contributed by atoms with Crippen molar-refractivity contribution in [2.24, 2.45) is 0 Å². The molecule has 1 aromatic rings. The van der Waals surface area contributed by atoms with Crippen LogP contribution in [0.3, 0.4) is 0 Å². The lowest BCUT2D eigenvalue weighted by Crippen LogP contribution is -2.29. The van der Waals surface area contributed by atoms with Crippen LogP contribution < -0.4 is 5.32 Å². The molecule has 1 atom stereocenters. The fourth-order valence-electron chi connectivity index (χ4n) is 2.63. The lowest BCUT2D eigenvalue weighted by molar-refractivity contribution is 0.253. The van der Waals surface area contributed by atoms with E-state index in [1.807, 2.05) is 18.4 Å². The second-order valence-electron chi connectivity index (χ2n) is 5.35. The van der Waals surface area contributed by atoms with Crippen molar-refractivity contribution in [2.75, 3.05) is 33.7 Å². The van der Waals surface area contributed by atoms with Crippen molar-refractivity contribution in [3.8, 4) is 0 Å². The van der Waals surface area contributed by atoms with Crippen molar-refractivity contribution in [2.45, 2.75) is 38.0 Å². The zero-order valence-corrected chi connectivity index (χ0v) is 12.6. The Morgan fingerprint density at radius 3 is 2.83 bits per heavy atom. The number of aromatic nitrogens is 1. The van der Waals surface area contributed by atoms with Crippen molar-refractivity contribution < 1.29 is 0 Å². The summed E-state index contributed by atoms with van der Waals surface area (Å²) in [5.41, 5.74) is 1.35. The van der Waals surface area contributed by atoms with Gasteiger partial charge in [-0.2, -0.15) is 0 Å². The summed E-state index contributed by atoms with van der Waals surface area (Å²) in [6.07, 6.45) is 3.70. The Labute approximate surface area is 115 Å². The summed E-state index contributed by atoms with van der Waals surface area (Å²) in [7, 11) is 4.23. The standard InChI is InChI=1S/C14H25N3S/c1-4-11(9-15-2)14-16-13(10-18-14)12-5-7-17(3)8-6-12/h10-12,15H,4-9H2,1-3H3. The predicted octanol–water partition coefficient (Wildman–Crippen LogP) is 2.67. The molecule has 4 heteroatoms. The summed E-state index contributed by atoms with van der Waals surface area (Å²) in [5, 5.41) is 6.89. The average Bonchev–Trinajstić information content (AvgIpc) is 2.86. The second-order valence-corrected chi connectivity index (χ2v) is 6.24. The molecule has 0 aliphatic carbocycles. The van der Waals surface area contributed by atoms with Crippen LogP contribution in [0.15, 0.2) is 5.38 Å². The first-order valence-corrected chi connectivity index (χ1v) is 7.91. The van der Waals surface area contributed by atoms with E-state index < -0.39 is 0 Å². The van der Waals surface area contributed by atoms with Gasteiger partial charge in [0.15, 0.2) is 0 Å². The molecule has 3 nitrogen and oxygen atoms in total. The maximum absolute atomic E-state index is 4.91. The molecule has 2 rings (SSSR count). The Morgan fingerprint density at radius 2 is 2.22 bits per heavy atom. The van der Waals surface area contributed by atoms with Gasteiger partial charge in [0.25, 0.3) is 0 Å². The smallest absolute Gasteiger partial charge is 0.0971 e. The van der Waals surface area contributed by atoms with Crippen molar-refractivity contribution >= 4 is 11.3 Å². The summed E-state index contributed by atoms with van der Waals surface area (Å²) >= 11 is 1.85. The van der Waals surface area contributed by atoms with Crippen LogP contribution in [-0.2, 0) is 0 Å². The number of hydrogen-bond donors (Lipinski definition) is 1. The third-order valence-electron chi connectivity index (χ3n) is 3.97. The van der Waals surface area contributed by atoms with Gasteiger partial charge in [0, 0.05) is 23.8 Å². The van der Waals surface area contributed by atoms with Gasteiger partial charge in [-0.25, -0.2) is 4.98 Å². The lowest BCUT2D eigenvalue weighted by Gasteiger charge is -2.27. The monoisotopic (exact) mass is 267 g/mol. The summed E-state index contributed by atoms with van der Waals surface area (Å²) in [5.74, 6) is 1.28. The molecule has 1 aliphatic rings. The molecule has 0 saturated carbocycles. The topological polar surface area (TPSA) is 28.2 Å². The zero-order chi connectivity index (χ0) is 13.0. The number of nitrogens with zero attached hydrogens (tertiary/aromatic N) is 2. The van der Waals surface area contributed by atoms with Crippen molar-refractivity contribution in [1.82, 2.24) is 15.2 Å². The first-order valence-electron chi connectivity index (χ1n) is 7.03. The third-order valence-corrected chi connectivity index (χ3v) is 4.99. The molecular formula is C14H25N3S. The number of likely N-dealkylation sites (tertiary alicyclic amines) is 1. The normalized spacial score (nSPS) is 20.2. The minimum absolute atomic E-state index is 0.583. The van der Waals surface area contributed by atoms with E-state index >= 15 is 0 Å². The first kappa shape index (κ1) is 14.0. The van der Waals surface area contributed by atoms with Gasteiger partial charge in [0.2, 0.25) is 0 Å². The van der Waals surface area contributed by atoms with Crippen LogP contribution in [0, 0.1) is 0 Å². The van der Waals surface area contributed by atoms with Crippen LogP contribution in [0.1, 0.15) is 48.7 Å². The molecule has 1 saturated heterocycles. The van der Waals surface area contributed by atoms with Crippen molar-refractivity contribution in [1.29, 1.82) is 0 Å². The molecule has 1 aromatic heterocycles. The molecule has 0 amide bonds. The molecule has 18 heavy (non-hydrogen) atoms. The van der Waals surface area contributed by atoms with E-state index in [9.17, 15) is 0 Å². The van der Waals surface area contributed by atoms with Crippen LogP contribution in [-0.4, -0.2) is 43.6 Å². The van der Waals surface area contributed by atoms with Gasteiger partial charge in [-0.1, -0.05) is 6.92 Å². The van der Waals surface area contributed by atoms with Crippen LogP contribution in [0.4, 0.5) is 0 Å². The molecule has 102 valence electrons. The number of rotatable bonds is 5. The quantitative estimate of drug-likeness (QED) is 0.889. The fraction of sp³-hybridized carbons (Fsp3) is 0.786. The summed E-state index contributed by atoms with van der Waals surface area (Å²) in [4.78, 5) is 7.33. The van der Waals surface area contributed by atoms with Crippen LogP contribution in [0.25, 0.3) is 0 Å². The minimum atomic E-state index is 0.583. The predicted molar refractivity (Wildman–Crippen MR) is 78.5 cm³/mol. The maximum Gasteiger partial charge on any atom is 0.0971 e. The highest BCUT2D eigenvalue weighted by molar-refractivity contribution is 7.09. The molecular weight excluding hydrogens is 242 g/mol. The molecule has 0 spiro atoms. The summed E-state index contributed by atoms with van der Waals surface area (Å²) < 4.78 is 0. The van der Waals surface area contributed by atoms with Crippen molar-refractivity contribution in [3.63, 3.8) is 0 Å². The Bertz CT molecular complexity index is 356. The largest absolute Gasteiger partial charge is 0.319 e. The van der Waals surface area contributed by atoms with E-state index in [-0.39, 0.29) is 0 Å². The van der Waals surface area contributed by atoms with Gasteiger partial charge in [-0.15, -0.1) is 11.3 Å². The van der Waals surface area contributed by atoms with Gasteiger partial charge in [-0.05, 0) is 46.4 Å². The first-order chi connectivity index (χ1) is 8.74. The number of nitrogens with one attached hydrogen (secondary N) is 1. The Hall–Kier alpha value is -0.450. The van der Waals surface area contributed by atoms with Crippen LogP contribution in [0.5, 0.6) is 0 Å². The van der Waals surface area contributed by atoms with Crippen LogP contribution >= 0.6 is 11.3 Å². The fourth-order valence-corrected chi connectivity index (χ4v) is 3.72. The van der Waals surface area contributed by atoms with Gasteiger partial charge in [-0.3, -0.25) is 0 Å². The van der Waals surface area contributed by atoms with E-state index in [0.29, 0.717) is 11.8 Å².